The number of benzene rings is 1. The Kier molecular flexibility index (Phi) is 5.10. The highest BCUT2D eigenvalue weighted by Gasteiger charge is 2.29. The Hall–Kier alpha value is -1.60. The Labute approximate surface area is 143 Å². The summed E-state index contributed by atoms with van der Waals surface area (Å²) in [6.07, 6.45) is 3.33. The lowest BCUT2D eigenvalue weighted by Crippen LogP contribution is -2.47. The molecule has 1 aliphatic carbocycles. The van der Waals surface area contributed by atoms with E-state index in [4.69, 9.17) is 4.74 Å². The first-order valence-electron chi connectivity index (χ1n) is 8.48. The first kappa shape index (κ1) is 17.2. The predicted octanol–water partition coefficient (Wildman–Crippen LogP) is 2.23. The van der Waals surface area contributed by atoms with Gasteiger partial charge in [-0.05, 0) is 38.0 Å². The molecule has 1 aliphatic heterocycles. The molecule has 2 fully saturated rings. The van der Waals surface area contributed by atoms with Crippen molar-refractivity contribution in [1.29, 1.82) is 0 Å². The molecule has 1 amide bonds. The molecule has 1 saturated carbocycles. The number of rotatable bonds is 4. The van der Waals surface area contributed by atoms with Crippen molar-refractivity contribution in [3.05, 3.63) is 29.8 Å². The smallest absolute Gasteiger partial charge is 0.254 e. The van der Waals surface area contributed by atoms with Crippen LogP contribution in [0.5, 0.6) is 0 Å². The van der Waals surface area contributed by atoms with Crippen molar-refractivity contribution in [3.8, 4) is 0 Å². The van der Waals surface area contributed by atoms with E-state index in [1.807, 2.05) is 6.92 Å². The SMILES string of the molecule is CC1COCCN1C(=O)c1cccc(NS(=O)(=O)C2CCCC2)c1. The van der Waals surface area contributed by atoms with Gasteiger partial charge in [-0.3, -0.25) is 9.52 Å². The lowest BCUT2D eigenvalue weighted by molar-refractivity contribution is 0.00360. The summed E-state index contributed by atoms with van der Waals surface area (Å²) in [6, 6.07) is 6.76. The van der Waals surface area contributed by atoms with Crippen molar-refractivity contribution in [1.82, 2.24) is 4.90 Å². The van der Waals surface area contributed by atoms with Gasteiger partial charge in [-0.25, -0.2) is 8.42 Å². The van der Waals surface area contributed by atoms with E-state index in [1.165, 1.54) is 0 Å². The molecule has 1 heterocycles. The fraction of sp³-hybridized carbons (Fsp3) is 0.588. The molecule has 3 rings (SSSR count). The van der Waals surface area contributed by atoms with E-state index in [2.05, 4.69) is 4.72 Å². The van der Waals surface area contributed by atoms with Crippen LogP contribution in [-0.2, 0) is 14.8 Å². The van der Waals surface area contributed by atoms with Crippen molar-refractivity contribution in [2.24, 2.45) is 0 Å². The van der Waals surface area contributed by atoms with Gasteiger partial charge in [-0.2, -0.15) is 0 Å². The molecule has 1 aromatic carbocycles. The molecule has 0 radical (unpaired) electrons. The largest absolute Gasteiger partial charge is 0.377 e. The van der Waals surface area contributed by atoms with Gasteiger partial charge in [0.1, 0.15) is 0 Å². The summed E-state index contributed by atoms with van der Waals surface area (Å²) in [6.45, 7) is 3.56. The molecule has 24 heavy (non-hydrogen) atoms. The average molecular weight is 352 g/mol. The number of carbonyl (C=O) groups excluding carboxylic acids is 1. The second kappa shape index (κ2) is 7.11. The molecular weight excluding hydrogens is 328 g/mol. The van der Waals surface area contributed by atoms with Gasteiger partial charge in [0.15, 0.2) is 0 Å². The van der Waals surface area contributed by atoms with Gasteiger partial charge in [0.2, 0.25) is 10.0 Å². The Balaban J connectivity index is 1.75. The molecule has 1 unspecified atom stereocenters. The maximum Gasteiger partial charge on any atom is 0.254 e. The van der Waals surface area contributed by atoms with Gasteiger partial charge in [0.05, 0.1) is 24.5 Å². The number of hydrogen-bond acceptors (Lipinski definition) is 4. The summed E-state index contributed by atoms with van der Waals surface area (Å²) in [5.41, 5.74) is 0.948. The van der Waals surface area contributed by atoms with Crippen LogP contribution in [0, 0.1) is 0 Å². The van der Waals surface area contributed by atoms with E-state index in [-0.39, 0.29) is 17.2 Å². The van der Waals surface area contributed by atoms with Crippen LogP contribution < -0.4 is 4.72 Å². The maximum absolute atomic E-state index is 12.7. The fourth-order valence-electron chi connectivity index (χ4n) is 3.36. The van der Waals surface area contributed by atoms with Crippen molar-refractivity contribution < 1.29 is 17.9 Å². The summed E-state index contributed by atoms with van der Waals surface area (Å²) in [5.74, 6) is -0.0901. The fourth-order valence-corrected chi connectivity index (χ4v) is 4.93. The van der Waals surface area contributed by atoms with Crippen molar-refractivity contribution in [3.63, 3.8) is 0 Å². The number of hydrogen-bond donors (Lipinski definition) is 1. The summed E-state index contributed by atoms with van der Waals surface area (Å²) >= 11 is 0. The highest BCUT2D eigenvalue weighted by Crippen LogP contribution is 2.26. The highest BCUT2D eigenvalue weighted by molar-refractivity contribution is 7.93. The van der Waals surface area contributed by atoms with Gasteiger partial charge in [0, 0.05) is 17.8 Å². The van der Waals surface area contributed by atoms with Crippen LogP contribution in [0.3, 0.4) is 0 Å². The second-order valence-electron chi connectivity index (χ2n) is 6.56. The zero-order valence-corrected chi connectivity index (χ0v) is 14.7. The van der Waals surface area contributed by atoms with Gasteiger partial charge >= 0.3 is 0 Å². The number of nitrogens with zero attached hydrogens (tertiary/aromatic N) is 1. The van der Waals surface area contributed by atoms with Crippen LogP contribution >= 0.6 is 0 Å². The van der Waals surface area contributed by atoms with Crippen molar-refractivity contribution in [2.45, 2.75) is 43.9 Å². The number of amides is 1. The third kappa shape index (κ3) is 3.72. The summed E-state index contributed by atoms with van der Waals surface area (Å²) < 4.78 is 32.8. The van der Waals surface area contributed by atoms with Crippen LogP contribution in [0.4, 0.5) is 5.69 Å². The Morgan fingerprint density at radius 3 is 2.75 bits per heavy atom. The minimum Gasteiger partial charge on any atom is -0.377 e. The Morgan fingerprint density at radius 2 is 2.04 bits per heavy atom. The van der Waals surface area contributed by atoms with E-state index in [1.54, 1.807) is 29.2 Å². The van der Waals surface area contributed by atoms with Crippen molar-refractivity contribution >= 4 is 21.6 Å². The lowest BCUT2D eigenvalue weighted by atomic mass is 10.1. The van der Waals surface area contributed by atoms with E-state index < -0.39 is 10.0 Å². The third-order valence-electron chi connectivity index (χ3n) is 4.74. The molecule has 1 atom stereocenters. The molecule has 0 aromatic heterocycles. The van der Waals surface area contributed by atoms with E-state index >= 15 is 0 Å². The van der Waals surface area contributed by atoms with Gasteiger partial charge in [-0.15, -0.1) is 0 Å². The second-order valence-corrected chi connectivity index (χ2v) is 8.52. The number of nitrogens with one attached hydrogen (secondary N) is 1. The standard InChI is InChI=1S/C17H24N2O4S/c1-13-12-23-10-9-19(13)17(20)14-5-4-6-15(11-14)18-24(21,22)16-7-2-3-8-16/h4-6,11,13,16,18H,2-3,7-10,12H2,1H3. The topological polar surface area (TPSA) is 75.7 Å². The molecule has 6 nitrogen and oxygen atoms in total. The van der Waals surface area contributed by atoms with E-state index in [0.29, 0.717) is 43.9 Å². The quantitative estimate of drug-likeness (QED) is 0.902. The average Bonchev–Trinajstić information content (AvgIpc) is 3.10. The maximum atomic E-state index is 12.7. The van der Waals surface area contributed by atoms with Gasteiger partial charge in [-0.1, -0.05) is 18.9 Å². The molecule has 2 aliphatic rings. The monoisotopic (exact) mass is 352 g/mol. The first-order valence-corrected chi connectivity index (χ1v) is 10.0. The zero-order valence-electron chi connectivity index (χ0n) is 13.9. The first-order chi connectivity index (χ1) is 11.5. The number of carbonyl (C=O) groups is 1. The summed E-state index contributed by atoms with van der Waals surface area (Å²) in [5, 5.41) is -0.323. The highest BCUT2D eigenvalue weighted by atomic mass is 32.2. The van der Waals surface area contributed by atoms with Crippen LogP contribution in [0.2, 0.25) is 0 Å². The Morgan fingerprint density at radius 1 is 1.29 bits per heavy atom. The molecule has 1 aromatic rings. The van der Waals surface area contributed by atoms with Crippen LogP contribution in [0.15, 0.2) is 24.3 Å². The number of sulfonamides is 1. The van der Waals surface area contributed by atoms with E-state index in [9.17, 15) is 13.2 Å². The molecule has 0 spiro atoms. The van der Waals surface area contributed by atoms with Crippen LogP contribution in [0.1, 0.15) is 43.0 Å². The minimum absolute atomic E-state index is 0.0186. The zero-order chi connectivity index (χ0) is 17.2. The third-order valence-corrected chi connectivity index (χ3v) is 6.61. The summed E-state index contributed by atoms with van der Waals surface area (Å²) in [4.78, 5) is 14.4. The van der Waals surface area contributed by atoms with Gasteiger partial charge in [0.25, 0.3) is 5.91 Å². The molecule has 1 saturated heterocycles. The molecule has 0 bridgehead atoms. The number of anilines is 1. The molecule has 7 heteroatoms. The van der Waals surface area contributed by atoms with Gasteiger partial charge < -0.3 is 9.64 Å². The summed E-state index contributed by atoms with van der Waals surface area (Å²) in [7, 11) is -3.39. The predicted molar refractivity (Wildman–Crippen MR) is 92.6 cm³/mol. The molecular formula is C17H24N2O4S. The van der Waals surface area contributed by atoms with Crippen molar-refractivity contribution in [2.75, 3.05) is 24.5 Å². The Bertz CT molecular complexity index is 698. The normalized spacial score (nSPS) is 22.5. The van der Waals surface area contributed by atoms with E-state index in [0.717, 1.165) is 12.8 Å². The minimum atomic E-state index is -3.39. The van der Waals surface area contributed by atoms with Crippen LogP contribution in [-0.4, -0.2) is 50.3 Å². The number of ether oxygens (including phenoxy) is 1. The number of morpholine rings is 1. The van der Waals surface area contributed by atoms with Crippen LogP contribution in [0.25, 0.3) is 0 Å². The molecule has 1 N–H and O–H groups in total. The lowest BCUT2D eigenvalue weighted by Gasteiger charge is -2.33. The molecule has 132 valence electrons.